The summed E-state index contributed by atoms with van der Waals surface area (Å²) >= 11 is 0. The fourth-order valence-corrected chi connectivity index (χ4v) is 5.08. The molecule has 0 saturated heterocycles. The first kappa shape index (κ1) is 28.9. The Morgan fingerprint density at radius 3 is 2.50 bits per heavy atom. The lowest BCUT2D eigenvalue weighted by molar-refractivity contribution is -0.148. The van der Waals surface area contributed by atoms with Gasteiger partial charge in [0.05, 0.1) is 11.1 Å². The number of carboxylic acids is 1. The van der Waals surface area contributed by atoms with Gasteiger partial charge in [-0.2, -0.15) is 13.2 Å². The molecule has 1 aromatic heterocycles. The lowest BCUT2D eigenvalue weighted by Crippen LogP contribution is -2.63. The average molecular weight is 563 g/mol. The van der Waals surface area contributed by atoms with E-state index in [1.165, 1.54) is 30.3 Å². The van der Waals surface area contributed by atoms with Crippen LogP contribution in [0.3, 0.4) is 0 Å². The highest BCUT2D eigenvalue weighted by atomic mass is 19.4. The summed E-state index contributed by atoms with van der Waals surface area (Å²) in [5.74, 6) is -2.97. The van der Waals surface area contributed by atoms with Crippen LogP contribution < -0.4 is 16.0 Å². The van der Waals surface area contributed by atoms with Crippen molar-refractivity contribution in [2.24, 2.45) is 5.92 Å². The number of H-pyrrole nitrogens is 1. The summed E-state index contributed by atoms with van der Waals surface area (Å²) in [6.07, 6.45) is -4.34. The molecule has 5 N–H and O–H groups in total. The number of aromatic amines is 1. The van der Waals surface area contributed by atoms with Gasteiger partial charge < -0.3 is 26.0 Å². The fourth-order valence-electron chi connectivity index (χ4n) is 5.08. The molecule has 0 radical (unpaired) electrons. The van der Waals surface area contributed by atoms with E-state index in [-0.39, 0.29) is 42.3 Å². The van der Waals surface area contributed by atoms with Crippen LogP contribution in [0, 0.1) is 11.7 Å². The van der Waals surface area contributed by atoms with Crippen molar-refractivity contribution < 1.29 is 37.1 Å². The summed E-state index contributed by atoms with van der Waals surface area (Å²) in [6, 6.07) is 7.73. The van der Waals surface area contributed by atoms with Gasteiger partial charge in [0.15, 0.2) is 0 Å². The maximum Gasteiger partial charge on any atom is 0.418 e. The highest BCUT2D eigenvalue weighted by Gasteiger charge is 2.46. The molecule has 0 bridgehead atoms. The predicted molar refractivity (Wildman–Crippen MR) is 139 cm³/mol. The highest BCUT2D eigenvalue weighted by Crippen LogP contribution is 2.40. The molecule has 1 aliphatic rings. The van der Waals surface area contributed by atoms with Crippen molar-refractivity contribution in [3.63, 3.8) is 0 Å². The Kier molecular flexibility index (Phi) is 8.08. The summed E-state index contributed by atoms with van der Waals surface area (Å²) < 4.78 is 54.6. The Labute approximate surface area is 227 Å². The molecular formula is C28H30F4N4O4. The summed E-state index contributed by atoms with van der Waals surface area (Å²) in [6.45, 7) is 3.38. The molecule has 8 nitrogen and oxygen atoms in total. The first-order valence-corrected chi connectivity index (χ1v) is 12.9. The Morgan fingerprint density at radius 1 is 1.12 bits per heavy atom. The molecule has 1 heterocycles. The zero-order valence-corrected chi connectivity index (χ0v) is 21.9. The van der Waals surface area contributed by atoms with Crippen LogP contribution >= 0.6 is 0 Å². The van der Waals surface area contributed by atoms with Crippen molar-refractivity contribution in [1.29, 1.82) is 0 Å². The second-order valence-electron chi connectivity index (χ2n) is 10.1. The van der Waals surface area contributed by atoms with E-state index in [4.69, 9.17) is 0 Å². The molecule has 12 heteroatoms. The number of aliphatic carboxylic acids is 1. The van der Waals surface area contributed by atoms with Gasteiger partial charge >= 0.3 is 18.2 Å². The number of carboxylic acid groups (broad SMARTS) is 1. The fraction of sp³-hybridized carbons (Fsp3) is 0.393. The summed E-state index contributed by atoms with van der Waals surface area (Å²) in [7, 11) is 0. The first-order chi connectivity index (χ1) is 18.9. The monoisotopic (exact) mass is 562 g/mol. The molecule has 3 amide bonds. The SMILES string of the molecule is CCC(C)C(NC(=O)NCc1ccccc1F)C(=O)NC1(C(=O)O)CCc2[nH]c3c(C(F)(F)F)cccc3c2C1. The third-order valence-electron chi connectivity index (χ3n) is 7.57. The second-order valence-corrected chi connectivity index (χ2v) is 10.1. The molecule has 0 aliphatic heterocycles. The molecular weight excluding hydrogens is 532 g/mol. The number of rotatable bonds is 8. The van der Waals surface area contributed by atoms with Gasteiger partial charge in [-0.05, 0) is 36.5 Å². The van der Waals surface area contributed by atoms with E-state index in [1.807, 2.05) is 0 Å². The normalized spacial score (nSPS) is 18.4. The average Bonchev–Trinajstić information content (AvgIpc) is 3.27. The van der Waals surface area contributed by atoms with E-state index < -0.39 is 53.0 Å². The van der Waals surface area contributed by atoms with Gasteiger partial charge in [0.25, 0.3) is 0 Å². The minimum Gasteiger partial charge on any atom is -0.479 e. The van der Waals surface area contributed by atoms with Gasteiger partial charge in [0.2, 0.25) is 5.91 Å². The summed E-state index contributed by atoms with van der Waals surface area (Å²) in [5, 5.41) is 18.1. The van der Waals surface area contributed by atoms with Crippen LogP contribution in [-0.4, -0.2) is 39.6 Å². The first-order valence-electron chi connectivity index (χ1n) is 12.9. The van der Waals surface area contributed by atoms with Crippen LogP contribution in [0.2, 0.25) is 0 Å². The molecule has 4 rings (SSSR count). The van der Waals surface area contributed by atoms with Crippen LogP contribution in [-0.2, 0) is 35.2 Å². The molecule has 40 heavy (non-hydrogen) atoms. The van der Waals surface area contributed by atoms with Crippen molar-refractivity contribution in [3.8, 4) is 0 Å². The zero-order chi connectivity index (χ0) is 29.2. The predicted octanol–water partition coefficient (Wildman–Crippen LogP) is 4.67. The maximum absolute atomic E-state index is 13.9. The molecule has 2 aromatic carbocycles. The number of carbonyl (C=O) groups excluding carboxylic acids is 2. The van der Waals surface area contributed by atoms with Crippen LogP contribution in [0.5, 0.6) is 0 Å². The topological polar surface area (TPSA) is 123 Å². The number of benzene rings is 2. The van der Waals surface area contributed by atoms with Crippen molar-refractivity contribution in [2.45, 2.75) is 63.8 Å². The molecule has 3 aromatic rings. The van der Waals surface area contributed by atoms with Crippen molar-refractivity contribution >= 4 is 28.8 Å². The number of amides is 3. The van der Waals surface area contributed by atoms with E-state index in [2.05, 4.69) is 20.9 Å². The Balaban J connectivity index is 1.56. The number of alkyl halides is 3. The number of carbonyl (C=O) groups is 3. The number of aryl methyl sites for hydroxylation is 1. The molecule has 0 saturated carbocycles. The number of nitrogens with one attached hydrogen (secondary N) is 4. The minimum atomic E-state index is -4.60. The number of urea groups is 1. The van der Waals surface area contributed by atoms with Gasteiger partial charge in [0, 0.05) is 29.6 Å². The van der Waals surface area contributed by atoms with Crippen LogP contribution in [0.1, 0.15) is 49.1 Å². The second kappa shape index (κ2) is 11.2. The quantitative estimate of drug-likeness (QED) is 0.256. The maximum atomic E-state index is 13.9. The van der Waals surface area contributed by atoms with Crippen LogP contribution in [0.25, 0.3) is 10.9 Å². The van der Waals surface area contributed by atoms with E-state index in [0.29, 0.717) is 17.7 Å². The Hall–Kier alpha value is -4.09. The Bertz CT molecular complexity index is 1440. The standard InChI is InChI=1S/C28H30F4N4O4/c1-3-15(2)22(35-26(40)33-14-16-7-4-5-10-20(16)29)24(37)36-27(25(38)39)12-11-21-18(13-27)17-8-6-9-19(23(17)34-21)28(30,31)32/h4-10,15,22,34H,3,11-14H2,1-2H3,(H,36,37)(H,38,39)(H2,33,35,40). The number of aromatic nitrogens is 1. The lowest BCUT2D eigenvalue weighted by Gasteiger charge is -2.36. The van der Waals surface area contributed by atoms with Crippen molar-refractivity contribution in [3.05, 3.63) is 70.7 Å². The van der Waals surface area contributed by atoms with Gasteiger partial charge in [-0.25, -0.2) is 14.0 Å². The number of hydrogen-bond acceptors (Lipinski definition) is 3. The molecule has 1 aliphatic carbocycles. The van der Waals surface area contributed by atoms with E-state index >= 15 is 0 Å². The molecule has 3 unspecified atom stereocenters. The molecule has 214 valence electrons. The van der Waals surface area contributed by atoms with Crippen LogP contribution in [0.4, 0.5) is 22.4 Å². The van der Waals surface area contributed by atoms with E-state index in [1.54, 1.807) is 19.9 Å². The molecule has 0 fully saturated rings. The zero-order valence-electron chi connectivity index (χ0n) is 21.9. The van der Waals surface area contributed by atoms with Gasteiger partial charge in [-0.3, -0.25) is 4.79 Å². The lowest BCUT2D eigenvalue weighted by atomic mass is 9.79. The van der Waals surface area contributed by atoms with E-state index in [9.17, 15) is 37.1 Å². The summed E-state index contributed by atoms with van der Waals surface area (Å²) in [5.41, 5.74) is -1.65. The van der Waals surface area contributed by atoms with Crippen molar-refractivity contribution in [1.82, 2.24) is 20.9 Å². The molecule has 0 spiro atoms. The third-order valence-corrected chi connectivity index (χ3v) is 7.57. The van der Waals surface area contributed by atoms with Gasteiger partial charge in [0.1, 0.15) is 17.4 Å². The van der Waals surface area contributed by atoms with Gasteiger partial charge in [-0.15, -0.1) is 0 Å². The number of hydrogen-bond donors (Lipinski definition) is 5. The number of fused-ring (bicyclic) bond motifs is 3. The largest absolute Gasteiger partial charge is 0.479 e. The van der Waals surface area contributed by atoms with E-state index in [0.717, 1.165) is 6.07 Å². The van der Waals surface area contributed by atoms with Crippen molar-refractivity contribution in [2.75, 3.05) is 0 Å². The Morgan fingerprint density at radius 2 is 1.85 bits per heavy atom. The minimum absolute atomic E-state index is 0.0675. The van der Waals surface area contributed by atoms with Gasteiger partial charge in [-0.1, -0.05) is 50.6 Å². The molecule has 3 atom stereocenters. The highest BCUT2D eigenvalue weighted by molar-refractivity contribution is 5.94. The third kappa shape index (κ3) is 5.75. The number of para-hydroxylation sites is 1. The summed E-state index contributed by atoms with van der Waals surface area (Å²) in [4.78, 5) is 41.4. The number of halogens is 4. The smallest absolute Gasteiger partial charge is 0.418 e. The van der Waals surface area contributed by atoms with Crippen LogP contribution in [0.15, 0.2) is 42.5 Å².